The van der Waals surface area contributed by atoms with Gasteiger partial charge >= 0.3 is 0 Å². The predicted octanol–water partition coefficient (Wildman–Crippen LogP) is 5.79. The maximum Gasteiger partial charge on any atom is 0.110 e. The lowest BCUT2D eigenvalue weighted by atomic mass is 10.0. The van der Waals surface area contributed by atoms with Crippen molar-refractivity contribution in [1.29, 1.82) is 0 Å². The molecular weight excluding hydrogens is 310 g/mol. The molecule has 0 saturated carbocycles. The smallest absolute Gasteiger partial charge is 0.110 e. The first-order valence-electron chi connectivity index (χ1n) is 6.95. The highest BCUT2D eigenvalue weighted by Gasteiger charge is 2.03. The highest BCUT2D eigenvalue weighted by molar-refractivity contribution is 7.81. The number of hydrogen-bond donors (Lipinski definition) is 1. The fourth-order valence-corrected chi connectivity index (χ4v) is 2.56. The molecule has 3 heteroatoms. The second kappa shape index (κ2) is 6.73. The molecule has 0 saturated heterocycles. The molecule has 22 heavy (non-hydrogen) atoms. The van der Waals surface area contributed by atoms with E-state index in [9.17, 15) is 0 Å². The van der Waals surface area contributed by atoms with Crippen LogP contribution < -0.4 is 5.32 Å². The Bertz CT molecular complexity index is 765. The monoisotopic (exact) mass is 323 g/mol. The summed E-state index contributed by atoms with van der Waals surface area (Å²) in [6, 6.07) is 26.0. The number of nitrogens with one attached hydrogen (secondary N) is 1. The maximum absolute atomic E-state index is 5.88. The van der Waals surface area contributed by atoms with E-state index in [1.807, 2.05) is 54.6 Å². The van der Waals surface area contributed by atoms with Crippen LogP contribution in [0, 0.1) is 0 Å². The summed E-state index contributed by atoms with van der Waals surface area (Å²) in [7, 11) is 0. The van der Waals surface area contributed by atoms with Gasteiger partial charge in [-0.15, -0.1) is 0 Å². The van der Waals surface area contributed by atoms with Crippen LogP contribution in [0.4, 0.5) is 5.69 Å². The number of anilines is 1. The fourth-order valence-electron chi connectivity index (χ4n) is 2.18. The average Bonchev–Trinajstić information content (AvgIpc) is 2.58. The molecule has 0 amide bonds. The highest BCUT2D eigenvalue weighted by atomic mass is 35.5. The lowest BCUT2D eigenvalue weighted by Crippen LogP contribution is -2.10. The molecule has 0 fully saturated rings. The minimum Gasteiger partial charge on any atom is -0.346 e. The zero-order valence-corrected chi connectivity index (χ0v) is 13.4. The Morgan fingerprint density at radius 3 is 1.95 bits per heavy atom. The van der Waals surface area contributed by atoms with Crippen molar-refractivity contribution in [3.8, 4) is 11.1 Å². The molecule has 0 heterocycles. The topological polar surface area (TPSA) is 12.0 Å². The molecule has 0 aliphatic carbocycles. The van der Waals surface area contributed by atoms with Gasteiger partial charge < -0.3 is 5.32 Å². The van der Waals surface area contributed by atoms with Crippen molar-refractivity contribution in [1.82, 2.24) is 0 Å². The van der Waals surface area contributed by atoms with Gasteiger partial charge in [0.05, 0.1) is 0 Å². The van der Waals surface area contributed by atoms with E-state index in [4.69, 9.17) is 23.8 Å². The molecule has 0 atom stereocenters. The number of hydrogen-bond acceptors (Lipinski definition) is 1. The molecular formula is C19H14ClNS. The number of thiocarbonyl (C=S) groups is 1. The number of benzene rings is 3. The number of rotatable bonds is 3. The molecule has 3 rings (SSSR count). The summed E-state index contributed by atoms with van der Waals surface area (Å²) in [4.78, 5) is 0.696. The summed E-state index contributed by atoms with van der Waals surface area (Å²) in [6.07, 6.45) is 0. The van der Waals surface area contributed by atoms with Crippen LogP contribution in [0.15, 0.2) is 78.9 Å². The van der Waals surface area contributed by atoms with Crippen molar-refractivity contribution < 1.29 is 0 Å². The summed E-state index contributed by atoms with van der Waals surface area (Å²) >= 11 is 11.3. The first kappa shape index (κ1) is 14.8. The SMILES string of the molecule is S=C(Nc1ccc(Cl)cc1)c1ccc(-c2ccccc2)cc1. The number of halogens is 1. The van der Waals surface area contributed by atoms with Crippen LogP contribution in [0.25, 0.3) is 11.1 Å². The molecule has 0 unspecified atom stereocenters. The third kappa shape index (κ3) is 3.53. The minimum absolute atomic E-state index is 0.696. The van der Waals surface area contributed by atoms with Gasteiger partial charge in [-0.2, -0.15) is 0 Å². The molecule has 1 N–H and O–H groups in total. The van der Waals surface area contributed by atoms with Crippen LogP contribution >= 0.6 is 23.8 Å². The van der Waals surface area contributed by atoms with Gasteiger partial charge in [-0.1, -0.05) is 78.4 Å². The van der Waals surface area contributed by atoms with Gasteiger partial charge in [0.25, 0.3) is 0 Å². The Labute approximate surface area is 140 Å². The van der Waals surface area contributed by atoms with Crippen molar-refractivity contribution in [3.05, 3.63) is 89.4 Å². The van der Waals surface area contributed by atoms with Gasteiger partial charge in [-0.25, -0.2) is 0 Å². The van der Waals surface area contributed by atoms with Crippen molar-refractivity contribution >= 4 is 34.5 Å². The summed E-state index contributed by atoms with van der Waals surface area (Å²) < 4.78 is 0. The van der Waals surface area contributed by atoms with E-state index in [2.05, 4.69) is 29.6 Å². The van der Waals surface area contributed by atoms with Crippen molar-refractivity contribution in [3.63, 3.8) is 0 Å². The molecule has 0 radical (unpaired) electrons. The Kier molecular flexibility index (Phi) is 4.52. The van der Waals surface area contributed by atoms with E-state index in [0.29, 0.717) is 10.0 Å². The molecule has 0 bridgehead atoms. The predicted molar refractivity (Wildman–Crippen MR) is 98.7 cm³/mol. The van der Waals surface area contributed by atoms with E-state index in [1.165, 1.54) is 11.1 Å². The van der Waals surface area contributed by atoms with Crippen molar-refractivity contribution in [2.45, 2.75) is 0 Å². The van der Waals surface area contributed by atoms with Crippen LogP contribution in [0.3, 0.4) is 0 Å². The molecule has 0 aliphatic heterocycles. The third-order valence-electron chi connectivity index (χ3n) is 3.36. The molecule has 0 aliphatic rings. The Hall–Kier alpha value is -2.16. The van der Waals surface area contributed by atoms with Gasteiger partial charge in [0, 0.05) is 16.3 Å². The van der Waals surface area contributed by atoms with Gasteiger partial charge in [0.15, 0.2) is 0 Å². The molecule has 1 nitrogen and oxygen atoms in total. The molecule has 0 aromatic heterocycles. The van der Waals surface area contributed by atoms with Crippen molar-refractivity contribution in [2.75, 3.05) is 5.32 Å². The standard InChI is InChI=1S/C19H14ClNS/c20-17-10-12-18(13-11-17)21-19(22)16-8-6-15(7-9-16)14-4-2-1-3-5-14/h1-13H,(H,21,22). The van der Waals surface area contributed by atoms with Crippen LogP contribution in [0.1, 0.15) is 5.56 Å². The summed E-state index contributed by atoms with van der Waals surface area (Å²) in [6.45, 7) is 0. The lowest BCUT2D eigenvalue weighted by molar-refractivity contribution is 1.58. The average molecular weight is 324 g/mol. The Balaban J connectivity index is 1.75. The van der Waals surface area contributed by atoms with Crippen LogP contribution in [-0.4, -0.2) is 4.99 Å². The van der Waals surface area contributed by atoms with E-state index >= 15 is 0 Å². The van der Waals surface area contributed by atoms with E-state index in [0.717, 1.165) is 11.3 Å². The normalized spacial score (nSPS) is 10.2. The zero-order valence-electron chi connectivity index (χ0n) is 11.8. The van der Waals surface area contributed by atoms with Crippen LogP contribution in [-0.2, 0) is 0 Å². The van der Waals surface area contributed by atoms with Gasteiger partial charge in [0.1, 0.15) is 4.99 Å². The molecule has 108 valence electrons. The van der Waals surface area contributed by atoms with Crippen molar-refractivity contribution in [2.24, 2.45) is 0 Å². The van der Waals surface area contributed by atoms with Gasteiger partial charge in [-0.3, -0.25) is 0 Å². The maximum atomic E-state index is 5.88. The molecule has 3 aromatic carbocycles. The van der Waals surface area contributed by atoms with E-state index < -0.39 is 0 Å². The van der Waals surface area contributed by atoms with E-state index in [-0.39, 0.29) is 0 Å². The summed E-state index contributed by atoms with van der Waals surface area (Å²) in [5, 5.41) is 3.93. The molecule has 3 aromatic rings. The largest absolute Gasteiger partial charge is 0.346 e. The van der Waals surface area contributed by atoms with Crippen LogP contribution in [0.2, 0.25) is 5.02 Å². The van der Waals surface area contributed by atoms with Gasteiger partial charge in [0.2, 0.25) is 0 Å². The second-order valence-electron chi connectivity index (χ2n) is 4.90. The zero-order chi connectivity index (χ0) is 15.4. The quantitative estimate of drug-likeness (QED) is 0.612. The minimum atomic E-state index is 0.696. The van der Waals surface area contributed by atoms with E-state index in [1.54, 1.807) is 0 Å². The Morgan fingerprint density at radius 1 is 0.727 bits per heavy atom. The highest BCUT2D eigenvalue weighted by Crippen LogP contribution is 2.20. The molecule has 0 spiro atoms. The summed E-state index contributed by atoms with van der Waals surface area (Å²) in [5.74, 6) is 0. The first-order chi connectivity index (χ1) is 10.7. The summed E-state index contributed by atoms with van der Waals surface area (Å²) in [5.41, 5.74) is 4.30. The van der Waals surface area contributed by atoms with Crippen LogP contribution in [0.5, 0.6) is 0 Å². The Morgan fingerprint density at radius 2 is 1.32 bits per heavy atom. The second-order valence-corrected chi connectivity index (χ2v) is 5.75. The first-order valence-corrected chi connectivity index (χ1v) is 7.73. The third-order valence-corrected chi connectivity index (χ3v) is 3.95. The fraction of sp³-hybridized carbons (Fsp3) is 0. The van der Waals surface area contributed by atoms with Gasteiger partial charge in [-0.05, 0) is 35.4 Å². The lowest BCUT2D eigenvalue weighted by Gasteiger charge is -2.09.